The normalized spacial score (nSPS) is 20.2. The van der Waals surface area contributed by atoms with E-state index < -0.39 is 0 Å². The highest BCUT2D eigenvalue weighted by molar-refractivity contribution is 6.31. The number of halogens is 1. The van der Waals surface area contributed by atoms with Gasteiger partial charge in [-0.25, -0.2) is 0 Å². The second kappa shape index (κ2) is 3.01. The van der Waals surface area contributed by atoms with Crippen molar-refractivity contribution in [1.29, 1.82) is 0 Å². The van der Waals surface area contributed by atoms with Crippen molar-refractivity contribution in [2.45, 2.75) is 12.5 Å². The molecule has 1 aromatic heterocycles. The van der Waals surface area contributed by atoms with E-state index in [1.165, 1.54) is 10.9 Å². The van der Waals surface area contributed by atoms with E-state index in [2.05, 4.69) is 11.1 Å². The number of rotatable bonds is 2. The number of H-pyrrole nitrogens is 1. The Hall–Kier alpha value is -0.990. The molecule has 3 heteroatoms. The first-order chi connectivity index (χ1) is 6.83. The van der Waals surface area contributed by atoms with E-state index in [0.29, 0.717) is 6.10 Å². The summed E-state index contributed by atoms with van der Waals surface area (Å²) in [6, 6.07) is 5.94. The molecule has 0 spiro atoms. The molecule has 72 valence electrons. The summed E-state index contributed by atoms with van der Waals surface area (Å²) in [5, 5.41) is 2.03. The summed E-state index contributed by atoms with van der Waals surface area (Å²) in [5.41, 5.74) is 2.42. The summed E-state index contributed by atoms with van der Waals surface area (Å²) in [7, 11) is 0. The van der Waals surface area contributed by atoms with Crippen LogP contribution < -0.4 is 0 Å². The maximum absolute atomic E-state index is 5.90. The number of epoxide rings is 1. The monoisotopic (exact) mass is 207 g/mol. The minimum atomic E-state index is 0.435. The summed E-state index contributed by atoms with van der Waals surface area (Å²) < 4.78 is 5.21. The van der Waals surface area contributed by atoms with Crippen LogP contribution in [0.3, 0.4) is 0 Å². The Morgan fingerprint density at radius 2 is 2.36 bits per heavy atom. The van der Waals surface area contributed by atoms with Gasteiger partial charge in [-0.15, -0.1) is 0 Å². The second-order valence-electron chi connectivity index (χ2n) is 3.66. The smallest absolute Gasteiger partial charge is 0.0850 e. The lowest BCUT2D eigenvalue weighted by molar-refractivity contribution is 0.408. The van der Waals surface area contributed by atoms with Crippen LogP contribution in [0.4, 0.5) is 0 Å². The van der Waals surface area contributed by atoms with Crippen molar-refractivity contribution >= 4 is 22.5 Å². The lowest BCUT2D eigenvalue weighted by Crippen LogP contribution is -1.90. The molecular formula is C11H10ClNO. The quantitative estimate of drug-likeness (QED) is 0.754. The average Bonchev–Trinajstić information content (AvgIpc) is 2.89. The fourth-order valence-electron chi connectivity index (χ4n) is 1.76. The minimum Gasteiger partial charge on any atom is -0.373 e. The third-order valence-corrected chi connectivity index (χ3v) is 2.81. The van der Waals surface area contributed by atoms with Crippen LogP contribution in [0.15, 0.2) is 24.4 Å². The third kappa shape index (κ3) is 1.41. The maximum Gasteiger partial charge on any atom is 0.0850 e. The predicted molar refractivity (Wildman–Crippen MR) is 56.8 cm³/mol. The summed E-state index contributed by atoms with van der Waals surface area (Å²) in [6.45, 7) is 0.903. The van der Waals surface area contributed by atoms with Gasteiger partial charge >= 0.3 is 0 Å². The molecule has 1 atom stereocenters. The van der Waals surface area contributed by atoms with Crippen LogP contribution in [-0.4, -0.2) is 17.7 Å². The Morgan fingerprint density at radius 3 is 3.14 bits per heavy atom. The van der Waals surface area contributed by atoms with Gasteiger partial charge in [-0.2, -0.15) is 0 Å². The summed E-state index contributed by atoms with van der Waals surface area (Å²) in [5.74, 6) is 0. The van der Waals surface area contributed by atoms with Crippen molar-refractivity contribution in [3.8, 4) is 0 Å². The molecule has 2 nitrogen and oxygen atoms in total. The zero-order valence-electron chi connectivity index (χ0n) is 7.59. The lowest BCUT2D eigenvalue weighted by Gasteiger charge is -1.95. The molecule has 1 unspecified atom stereocenters. The van der Waals surface area contributed by atoms with Crippen LogP contribution in [0.25, 0.3) is 10.9 Å². The minimum absolute atomic E-state index is 0.435. The van der Waals surface area contributed by atoms with Crippen molar-refractivity contribution in [2.75, 3.05) is 6.61 Å². The highest BCUT2D eigenvalue weighted by Crippen LogP contribution is 2.25. The van der Waals surface area contributed by atoms with Gasteiger partial charge in [-0.1, -0.05) is 17.7 Å². The van der Waals surface area contributed by atoms with Gasteiger partial charge in [0.2, 0.25) is 0 Å². The molecule has 1 aliphatic rings. The lowest BCUT2D eigenvalue weighted by atomic mass is 10.1. The van der Waals surface area contributed by atoms with Crippen molar-refractivity contribution in [2.24, 2.45) is 0 Å². The van der Waals surface area contributed by atoms with E-state index in [9.17, 15) is 0 Å². The maximum atomic E-state index is 5.90. The molecule has 1 aliphatic heterocycles. The number of hydrogen-bond acceptors (Lipinski definition) is 1. The summed E-state index contributed by atoms with van der Waals surface area (Å²) in [4.78, 5) is 3.22. The van der Waals surface area contributed by atoms with Gasteiger partial charge in [0, 0.05) is 28.5 Å². The standard InChI is InChI=1S/C11H10ClNO/c12-8-1-2-10-7(3-9-6-14-9)5-13-11(10)4-8/h1-2,4-5,9,13H,3,6H2. The largest absolute Gasteiger partial charge is 0.373 e. The van der Waals surface area contributed by atoms with Crippen molar-refractivity contribution < 1.29 is 4.74 Å². The highest BCUT2D eigenvalue weighted by Gasteiger charge is 2.23. The van der Waals surface area contributed by atoms with E-state index >= 15 is 0 Å². The summed E-state index contributed by atoms with van der Waals surface area (Å²) >= 11 is 5.90. The van der Waals surface area contributed by atoms with E-state index in [4.69, 9.17) is 16.3 Å². The molecular weight excluding hydrogens is 198 g/mol. The van der Waals surface area contributed by atoms with E-state index in [0.717, 1.165) is 23.6 Å². The zero-order valence-corrected chi connectivity index (χ0v) is 8.34. The zero-order chi connectivity index (χ0) is 9.54. The number of aromatic amines is 1. The van der Waals surface area contributed by atoms with Crippen molar-refractivity contribution in [1.82, 2.24) is 4.98 Å². The van der Waals surface area contributed by atoms with Gasteiger partial charge in [-0.3, -0.25) is 0 Å². The Kier molecular flexibility index (Phi) is 1.79. The molecule has 2 aromatic rings. The highest BCUT2D eigenvalue weighted by atomic mass is 35.5. The molecule has 0 aliphatic carbocycles. The third-order valence-electron chi connectivity index (χ3n) is 2.58. The van der Waals surface area contributed by atoms with Gasteiger partial charge in [0.25, 0.3) is 0 Å². The molecule has 0 bridgehead atoms. The number of fused-ring (bicyclic) bond motifs is 1. The van der Waals surface area contributed by atoms with Crippen LogP contribution in [0, 0.1) is 0 Å². The van der Waals surface area contributed by atoms with Gasteiger partial charge in [0.05, 0.1) is 12.7 Å². The van der Waals surface area contributed by atoms with E-state index in [1.54, 1.807) is 0 Å². The van der Waals surface area contributed by atoms with E-state index in [1.807, 2.05) is 18.3 Å². The molecule has 3 rings (SSSR count). The molecule has 1 aromatic carbocycles. The van der Waals surface area contributed by atoms with Gasteiger partial charge in [0.15, 0.2) is 0 Å². The molecule has 14 heavy (non-hydrogen) atoms. The van der Waals surface area contributed by atoms with Crippen LogP contribution in [-0.2, 0) is 11.2 Å². The number of hydrogen-bond donors (Lipinski definition) is 1. The topological polar surface area (TPSA) is 28.3 Å². The average molecular weight is 208 g/mol. The predicted octanol–water partition coefficient (Wildman–Crippen LogP) is 2.76. The first kappa shape index (κ1) is 8.33. The van der Waals surface area contributed by atoms with Crippen LogP contribution >= 0.6 is 11.6 Å². The first-order valence-electron chi connectivity index (χ1n) is 4.70. The summed E-state index contributed by atoms with van der Waals surface area (Å²) in [6.07, 6.45) is 3.48. The number of aromatic nitrogens is 1. The molecule has 0 radical (unpaired) electrons. The van der Waals surface area contributed by atoms with Gasteiger partial charge < -0.3 is 9.72 Å². The molecule has 1 N–H and O–H groups in total. The fourth-order valence-corrected chi connectivity index (χ4v) is 1.93. The van der Waals surface area contributed by atoms with Crippen molar-refractivity contribution in [3.63, 3.8) is 0 Å². The number of ether oxygens (including phenoxy) is 1. The number of nitrogens with one attached hydrogen (secondary N) is 1. The Bertz CT molecular complexity index is 473. The van der Waals surface area contributed by atoms with Crippen LogP contribution in [0.2, 0.25) is 5.02 Å². The molecule has 1 fully saturated rings. The Morgan fingerprint density at radius 1 is 1.50 bits per heavy atom. The molecule has 0 amide bonds. The van der Waals surface area contributed by atoms with Gasteiger partial charge in [-0.05, 0) is 17.7 Å². The van der Waals surface area contributed by atoms with Crippen LogP contribution in [0.1, 0.15) is 5.56 Å². The van der Waals surface area contributed by atoms with Crippen molar-refractivity contribution in [3.05, 3.63) is 35.0 Å². The van der Waals surface area contributed by atoms with Crippen LogP contribution in [0.5, 0.6) is 0 Å². The second-order valence-corrected chi connectivity index (χ2v) is 4.10. The Labute approximate surface area is 86.8 Å². The molecule has 1 saturated heterocycles. The molecule has 2 heterocycles. The molecule has 0 saturated carbocycles. The number of benzene rings is 1. The first-order valence-corrected chi connectivity index (χ1v) is 5.08. The Balaban J connectivity index is 2.06. The van der Waals surface area contributed by atoms with Gasteiger partial charge in [0.1, 0.15) is 0 Å². The van der Waals surface area contributed by atoms with E-state index in [-0.39, 0.29) is 0 Å². The fraction of sp³-hybridized carbons (Fsp3) is 0.273. The SMILES string of the molecule is Clc1ccc2c(CC3CO3)c[nH]c2c1.